The van der Waals surface area contributed by atoms with Gasteiger partial charge in [-0.1, -0.05) is 26.0 Å². The minimum absolute atomic E-state index is 0.0323. The minimum Gasteiger partial charge on any atom is -0.443 e. The van der Waals surface area contributed by atoms with E-state index < -0.39 is 12.2 Å². The molecule has 0 aliphatic carbocycles. The van der Waals surface area contributed by atoms with Gasteiger partial charge < -0.3 is 25.2 Å². The van der Waals surface area contributed by atoms with Crippen LogP contribution in [0.5, 0.6) is 0 Å². The van der Waals surface area contributed by atoms with E-state index in [4.69, 9.17) is 4.74 Å². The van der Waals surface area contributed by atoms with Crippen molar-refractivity contribution in [3.05, 3.63) is 30.0 Å². The molecule has 5 heterocycles. The Balaban J connectivity index is 1.21. The van der Waals surface area contributed by atoms with E-state index in [1.54, 1.807) is 16.8 Å². The van der Waals surface area contributed by atoms with Crippen molar-refractivity contribution in [3.63, 3.8) is 0 Å². The normalized spacial score (nSPS) is 24.1. The summed E-state index contributed by atoms with van der Waals surface area (Å²) >= 11 is 0. The van der Waals surface area contributed by atoms with Gasteiger partial charge >= 0.3 is 12.3 Å². The number of hydrogen-bond donors (Lipinski definition) is 2. The molecule has 0 aromatic carbocycles. The van der Waals surface area contributed by atoms with Gasteiger partial charge in [-0.2, -0.15) is 22.8 Å². The van der Waals surface area contributed by atoms with Crippen molar-refractivity contribution in [2.75, 3.05) is 50.9 Å². The highest BCUT2D eigenvalue weighted by Gasteiger charge is 2.45. The van der Waals surface area contributed by atoms with Crippen LogP contribution in [-0.4, -0.2) is 112 Å². The zero-order chi connectivity index (χ0) is 30.2. The maximum atomic E-state index is 13.3. The fourth-order valence-corrected chi connectivity index (χ4v) is 6.13. The molecular formula is C29H43F3N8O2. The Bertz CT molecular complexity index is 1260. The summed E-state index contributed by atoms with van der Waals surface area (Å²) in [4.78, 5) is 23.9. The number of alkyl halides is 3. The standard InChI is InChI=1S/C29H43F3N8O2/c1-18(2)24-15-33-40-26(14-25(36-27(24)40)34-19(3)29(30,31)32)35-20-12-21-8-9-22(13-20)39(21)28(41)42-23-16-38(17-23)11-7-6-10-37(4)5/h6-7,14-15,18-23,35H,8-13,16-17H2,1-5H3,(H,34,36)/b7-6+. The fraction of sp³-hybridized carbons (Fsp3) is 0.690. The van der Waals surface area contributed by atoms with Gasteiger partial charge in [-0.3, -0.25) is 4.90 Å². The van der Waals surface area contributed by atoms with Gasteiger partial charge in [0.2, 0.25) is 0 Å². The first-order chi connectivity index (χ1) is 19.9. The average Bonchev–Trinajstić information content (AvgIpc) is 3.42. The van der Waals surface area contributed by atoms with E-state index in [1.807, 2.05) is 32.8 Å². The van der Waals surface area contributed by atoms with E-state index >= 15 is 0 Å². The van der Waals surface area contributed by atoms with E-state index in [9.17, 15) is 18.0 Å². The maximum Gasteiger partial charge on any atom is 0.410 e. The number of hydrogen-bond acceptors (Lipinski definition) is 8. The highest BCUT2D eigenvalue weighted by atomic mass is 19.4. The topological polar surface area (TPSA) is 90.3 Å². The van der Waals surface area contributed by atoms with Crippen molar-refractivity contribution in [1.82, 2.24) is 29.3 Å². The summed E-state index contributed by atoms with van der Waals surface area (Å²) in [5.74, 6) is 0.827. The third-order valence-electron chi connectivity index (χ3n) is 8.46. The molecule has 2 bridgehead atoms. The molecule has 1 amide bonds. The number of carbonyl (C=O) groups excluding carboxylic acids is 1. The summed E-state index contributed by atoms with van der Waals surface area (Å²) in [6, 6.07) is -0.0127. The first-order valence-corrected chi connectivity index (χ1v) is 14.9. The number of aromatic nitrogens is 3. The molecule has 42 heavy (non-hydrogen) atoms. The van der Waals surface area contributed by atoms with Gasteiger partial charge in [0.1, 0.15) is 23.8 Å². The Kier molecular flexibility index (Phi) is 8.89. The van der Waals surface area contributed by atoms with Gasteiger partial charge in [-0.05, 0) is 52.6 Å². The Labute approximate surface area is 245 Å². The van der Waals surface area contributed by atoms with E-state index in [-0.39, 0.29) is 42.1 Å². The van der Waals surface area contributed by atoms with Gasteiger partial charge in [0.05, 0.1) is 6.20 Å². The SMILES string of the molecule is CC(C)c1cnn2c(NC3CC4CCC(C3)N4C(=O)OC3CN(C/C=C/CN(C)C)C3)cc(NC(C)C(F)(F)F)nc12. The molecule has 0 radical (unpaired) electrons. The van der Waals surface area contributed by atoms with Crippen LogP contribution in [0.2, 0.25) is 0 Å². The minimum atomic E-state index is -4.40. The second-order valence-electron chi connectivity index (χ2n) is 12.5. The predicted molar refractivity (Wildman–Crippen MR) is 156 cm³/mol. The van der Waals surface area contributed by atoms with E-state index in [0.717, 1.165) is 64.3 Å². The lowest BCUT2D eigenvalue weighted by Crippen LogP contribution is -2.56. The summed E-state index contributed by atoms with van der Waals surface area (Å²) in [6.07, 6.45) is 4.56. The molecule has 2 N–H and O–H groups in total. The number of piperidine rings is 1. The Hall–Kier alpha value is -3.06. The number of amides is 1. The number of carbonyl (C=O) groups is 1. The molecule has 0 saturated carbocycles. The smallest absolute Gasteiger partial charge is 0.410 e. The van der Waals surface area contributed by atoms with Crippen LogP contribution in [0.15, 0.2) is 24.4 Å². The lowest BCUT2D eigenvalue weighted by molar-refractivity contribution is -0.138. The van der Waals surface area contributed by atoms with Gasteiger partial charge in [0, 0.05) is 55.9 Å². The highest BCUT2D eigenvalue weighted by molar-refractivity contribution is 5.70. The molecule has 3 atom stereocenters. The number of rotatable bonds is 10. The molecule has 10 nitrogen and oxygen atoms in total. The first kappa shape index (κ1) is 30.4. The van der Waals surface area contributed by atoms with Crippen LogP contribution in [-0.2, 0) is 4.74 Å². The molecule has 3 unspecified atom stereocenters. The quantitative estimate of drug-likeness (QED) is 0.388. The van der Waals surface area contributed by atoms with Crippen molar-refractivity contribution in [1.29, 1.82) is 0 Å². The van der Waals surface area contributed by atoms with Gasteiger partial charge in [-0.15, -0.1) is 0 Å². The number of fused-ring (bicyclic) bond motifs is 3. The van der Waals surface area contributed by atoms with Gasteiger partial charge in [0.25, 0.3) is 0 Å². The summed E-state index contributed by atoms with van der Waals surface area (Å²) < 4.78 is 47.4. The second-order valence-corrected chi connectivity index (χ2v) is 12.5. The summed E-state index contributed by atoms with van der Waals surface area (Å²) in [6.45, 7) is 8.33. The lowest BCUT2D eigenvalue weighted by Gasteiger charge is -2.42. The number of anilines is 2. The number of ether oxygens (including phenoxy) is 1. The number of halogens is 3. The van der Waals surface area contributed by atoms with Crippen molar-refractivity contribution in [3.8, 4) is 0 Å². The fourth-order valence-electron chi connectivity index (χ4n) is 6.13. The van der Waals surface area contributed by atoms with Crippen LogP contribution in [0.4, 0.5) is 29.6 Å². The largest absolute Gasteiger partial charge is 0.443 e. The molecule has 0 spiro atoms. The summed E-state index contributed by atoms with van der Waals surface area (Å²) in [5, 5.41) is 10.6. The third kappa shape index (κ3) is 6.77. The first-order valence-electron chi connectivity index (χ1n) is 14.9. The molecule has 3 fully saturated rings. The second kappa shape index (κ2) is 12.3. The Morgan fingerprint density at radius 2 is 1.86 bits per heavy atom. The number of likely N-dealkylation sites (tertiary alicyclic amines) is 1. The predicted octanol–water partition coefficient (Wildman–Crippen LogP) is 4.56. The monoisotopic (exact) mass is 592 g/mol. The molecular weight excluding hydrogens is 549 g/mol. The van der Waals surface area contributed by atoms with E-state index in [0.29, 0.717) is 11.5 Å². The van der Waals surface area contributed by atoms with Crippen LogP contribution in [0.25, 0.3) is 5.65 Å². The van der Waals surface area contributed by atoms with Crippen LogP contribution < -0.4 is 10.6 Å². The van der Waals surface area contributed by atoms with Crippen LogP contribution in [0.3, 0.4) is 0 Å². The average molecular weight is 593 g/mol. The van der Waals surface area contributed by atoms with Crippen LogP contribution in [0, 0.1) is 0 Å². The van der Waals surface area contributed by atoms with Crippen LogP contribution in [0.1, 0.15) is 57.9 Å². The highest BCUT2D eigenvalue weighted by Crippen LogP contribution is 2.38. The number of nitrogens with one attached hydrogen (secondary N) is 2. The summed E-state index contributed by atoms with van der Waals surface area (Å²) in [5.41, 5.74) is 1.39. The van der Waals surface area contributed by atoms with Crippen LogP contribution >= 0.6 is 0 Å². The lowest BCUT2D eigenvalue weighted by atomic mass is 9.97. The van der Waals surface area contributed by atoms with Gasteiger partial charge in [-0.25, -0.2) is 9.78 Å². The molecule has 3 saturated heterocycles. The van der Waals surface area contributed by atoms with Crippen molar-refractivity contribution >= 4 is 23.4 Å². The Morgan fingerprint density at radius 3 is 2.48 bits per heavy atom. The molecule has 232 valence electrons. The maximum absolute atomic E-state index is 13.3. The molecule has 13 heteroatoms. The number of likely N-dealkylation sites (N-methyl/N-ethyl adjacent to an activating group) is 1. The Morgan fingerprint density at radius 1 is 1.17 bits per heavy atom. The number of nitrogens with zero attached hydrogens (tertiary/aromatic N) is 6. The molecule has 3 aliphatic heterocycles. The zero-order valence-electron chi connectivity index (χ0n) is 25.1. The van der Waals surface area contributed by atoms with E-state index in [1.165, 1.54) is 0 Å². The van der Waals surface area contributed by atoms with Crippen molar-refractivity contribution in [2.45, 2.75) is 88.8 Å². The summed E-state index contributed by atoms with van der Waals surface area (Å²) in [7, 11) is 4.07. The molecule has 5 rings (SSSR count). The van der Waals surface area contributed by atoms with Crippen molar-refractivity contribution in [2.24, 2.45) is 0 Å². The van der Waals surface area contributed by atoms with Crippen molar-refractivity contribution < 1.29 is 22.7 Å². The zero-order valence-corrected chi connectivity index (χ0v) is 25.1. The molecule has 3 aliphatic rings. The third-order valence-corrected chi connectivity index (χ3v) is 8.46. The molecule has 2 aromatic heterocycles. The van der Waals surface area contributed by atoms with Gasteiger partial charge in [0.15, 0.2) is 5.65 Å². The van der Waals surface area contributed by atoms with E-state index in [2.05, 4.69) is 42.7 Å². The molecule has 2 aromatic rings.